The number of carbonyl (C=O) groups is 3. The molecular formula is C30H40N6O6S. The zero-order valence-electron chi connectivity index (χ0n) is 24.3. The van der Waals surface area contributed by atoms with Gasteiger partial charge in [-0.2, -0.15) is 4.72 Å². The van der Waals surface area contributed by atoms with Gasteiger partial charge in [0.2, 0.25) is 21.8 Å². The Morgan fingerprint density at radius 1 is 1.05 bits per heavy atom. The molecule has 2 aromatic carbocycles. The number of amides is 2. The second kappa shape index (κ2) is 14.5. The minimum atomic E-state index is -4.22. The molecule has 1 aliphatic carbocycles. The topological polar surface area (TPSA) is 175 Å². The fourth-order valence-corrected chi connectivity index (χ4v) is 6.30. The van der Waals surface area contributed by atoms with Crippen LogP contribution in [-0.4, -0.2) is 80.4 Å². The molecule has 1 aliphatic heterocycles. The van der Waals surface area contributed by atoms with Crippen LogP contribution < -0.4 is 15.8 Å². The van der Waals surface area contributed by atoms with Gasteiger partial charge in [0.15, 0.2) is 12.1 Å². The Morgan fingerprint density at radius 3 is 2.35 bits per heavy atom. The van der Waals surface area contributed by atoms with E-state index in [1.54, 1.807) is 24.0 Å². The van der Waals surface area contributed by atoms with Gasteiger partial charge in [0.25, 0.3) is 0 Å². The number of guanidine groups is 1. The second-order valence-electron chi connectivity index (χ2n) is 10.8. The third-order valence-corrected chi connectivity index (χ3v) is 8.99. The fourth-order valence-electron chi connectivity index (χ4n) is 5.17. The van der Waals surface area contributed by atoms with Gasteiger partial charge in [-0.3, -0.25) is 15.0 Å². The number of rotatable bonds is 13. The lowest BCUT2D eigenvalue weighted by Crippen LogP contribution is -2.56. The molecule has 43 heavy (non-hydrogen) atoms. The first-order chi connectivity index (χ1) is 20.6. The maximum absolute atomic E-state index is 13.4. The first-order valence-corrected chi connectivity index (χ1v) is 16.1. The van der Waals surface area contributed by atoms with E-state index < -0.39 is 28.1 Å². The number of sulfonamides is 1. The molecular weight excluding hydrogens is 572 g/mol. The van der Waals surface area contributed by atoms with Crippen molar-refractivity contribution in [3.05, 3.63) is 54.6 Å². The number of nitrogens with two attached hydrogens (primary N) is 1. The Balaban J connectivity index is 1.41. The number of carbonyl (C=O) groups excluding carboxylic acids is 3. The van der Waals surface area contributed by atoms with Gasteiger partial charge in [0, 0.05) is 38.5 Å². The summed E-state index contributed by atoms with van der Waals surface area (Å²) in [4.78, 5) is 41.9. The maximum Gasteiger partial charge on any atom is 0.345 e. The molecule has 1 heterocycles. The van der Waals surface area contributed by atoms with Crippen LogP contribution in [-0.2, 0) is 29.1 Å². The average Bonchev–Trinajstić information content (AvgIpc) is 3.84. The van der Waals surface area contributed by atoms with E-state index in [1.165, 1.54) is 17.0 Å². The Morgan fingerprint density at radius 2 is 1.72 bits per heavy atom. The highest BCUT2D eigenvalue weighted by Crippen LogP contribution is 2.30. The van der Waals surface area contributed by atoms with Crippen LogP contribution in [0.5, 0.6) is 0 Å². The minimum absolute atomic E-state index is 0.000159. The number of nitrogens with one attached hydrogen (secondary N) is 3. The monoisotopic (exact) mass is 612 g/mol. The van der Waals surface area contributed by atoms with E-state index in [1.807, 2.05) is 30.3 Å². The maximum atomic E-state index is 13.4. The third kappa shape index (κ3) is 8.77. The van der Waals surface area contributed by atoms with Crippen molar-refractivity contribution in [2.24, 2.45) is 11.7 Å². The van der Waals surface area contributed by atoms with Crippen LogP contribution in [0.2, 0.25) is 0 Å². The molecule has 13 heteroatoms. The lowest BCUT2D eigenvalue weighted by molar-refractivity contribution is -0.156. The zero-order chi connectivity index (χ0) is 31.0. The summed E-state index contributed by atoms with van der Waals surface area (Å²) in [6, 6.07) is 15.4. The standard InChI is InChI=1S/C30H40N6O6S/c1-2-42-29(39)28(34-43(40,41)25-14-10-23(11-15-25)22-8-4-3-5-9-22)36(24-12-13-24)27(38)17-16-26(37)33-19-21-7-6-18-35(20-21)30(31)32/h3-5,8-11,14-15,21,24,28,34H,2,6-7,12-13,16-20H2,1H3,(H3,31,32)(H,33,37)/t21-,28+/m0/s1. The summed E-state index contributed by atoms with van der Waals surface area (Å²) in [5.41, 5.74) is 7.35. The molecule has 2 atom stereocenters. The van der Waals surface area contributed by atoms with E-state index in [-0.39, 0.29) is 48.2 Å². The van der Waals surface area contributed by atoms with Gasteiger partial charge in [0.05, 0.1) is 11.5 Å². The molecule has 1 saturated heterocycles. The average molecular weight is 613 g/mol. The lowest BCUT2D eigenvalue weighted by atomic mass is 9.98. The quantitative estimate of drug-likeness (QED) is 0.115. The molecule has 2 aliphatic rings. The number of hydrogen-bond donors (Lipinski definition) is 4. The molecule has 232 valence electrons. The Bertz CT molecular complexity index is 1400. The number of benzene rings is 2. The predicted octanol–water partition coefficient (Wildman–Crippen LogP) is 2.01. The van der Waals surface area contributed by atoms with Crippen LogP contribution in [0.15, 0.2) is 59.5 Å². The number of likely N-dealkylation sites (tertiary alicyclic amines) is 1. The van der Waals surface area contributed by atoms with Crippen LogP contribution >= 0.6 is 0 Å². The summed E-state index contributed by atoms with van der Waals surface area (Å²) >= 11 is 0. The fraction of sp³-hybridized carbons (Fsp3) is 0.467. The second-order valence-corrected chi connectivity index (χ2v) is 12.6. The molecule has 5 N–H and O–H groups in total. The smallest absolute Gasteiger partial charge is 0.345 e. The van der Waals surface area contributed by atoms with Crippen LogP contribution in [0.25, 0.3) is 11.1 Å². The van der Waals surface area contributed by atoms with Gasteiger partial charge in [-0.15, -0.1) is 0 Å². The van der Waals surface area contributed by atoms with Crippen molar-refractivity contribution >= 4 is 33.8 Å². The Labute approximate surface area is 252 Å². The molecule has 0 spiro atoms. The van der Waals surface area contributed by atoms with Gasteiger partial charge in [-0.1, -0.05) is 42.5 Å². The molecule has 4 rings (SSSR count). The van der Waals surface area contributed by atoms with E-state index in [2.05, 4.69) is 10.0 Å². The highest BCUT2D eigenvalue weighted by atomic mass is 32.2. The van der Waals surface area contributed by atoms with Crippen LogP contribution in [0.3, 0.4) is 0 Å². The summed E-state index contributed by atoms with van der Waals surface area (Å²) in [5, 5.41) is 10.5. The normalized spacial score (nSPS) is 17.5. The number of hydrogen-bond acceptors (Lipinski definition) is 7. The van der Waals surface area contributed by atoms with Crippen LogP contribution in [0, 0.1) is 11.3 Å². The third-order valence-electron chi connectivity index (χ3n) is 7.57. The summed E-state index contributed by atoms with van der Waals surface area (Å²) in [5.74, 6) is -1.57. The van der Waals surface area contributed by atoms with Gasteiger partial charge in [-0.25, -0.2) is 13.2 Å². The molecule has 1 saturated carbocycles. The highest BCUT2D eigenvalue weighted by Gasteiger charge is 2.43. The van der Waals surface area contributed by atoms with Crippen molar-refractivity contribution < 1.29 is 27.5 Å². The van der Waals surface area contributed by atoms with E-state index in [0.29, 0.717) is 25.9 Å². The van der Waals surface area contributed by atoms with Crippen LogP contribution in [0.1, 0.15) is 45.4 Å². The summed E-state index contributed by atoms with van der Waals surface area (Å²) in [6.07, 6.45) is 1.10. The summed E-state index contributed by atoms with van der Waals surface area (Å²) in [6.45, 7) is 3.30. The SMILES string of the molecule is CCOC(=O)[C@H](NS(=O)(=O)c1ccc(-c2ccccc2)cc1)N(C(=O)CCC(=O)NC[C@@H]1CCCN(C(=N)N)C1)C1CC1. The van der Waals surface area contributed by atoms with Crippen molar-refractivity contribution in [1.29, 1.82) is 5.41 Å². The Kier molecular flexibility index (Phi) is 10.8. The van der Waals surface area contributed by atoms with E-state index in [0.717, 1.165) is 30.5 Å². The molecule has 2 fully saturated rings. The highest BCUT2D eigenvalue weighted by molar-refractivity contribution is 7.89. The largest absolute Gasteiger partial charge is 0.463 e. The van der Waals surface area contributed by atoms with Crippen molar-refractivity contribution in [1.82, 2.24) is 19.8 Å². The van der Waals surface area contributed by atoms with Crippen molar-refractivity contribution in [2.75, 3.05) is 26.2 Å². The van der Waals surface area contributed by atoms with Gasteiger partial charge in [-0.05, 0) is 61.8 Å². The van der Waals surface area contributed by atoms with E-state index >= 15 is 0 Å². The Hall–Kier alpha value is -3.97. The first-order valence-electron chi connectivity index (χ1n) is 14.6. The first kappa shape index (κ1) is 32.0. The van der Waals surface area contributed by atoms with E-state index in [9.17, 15) is 22.8 Å². The molecule has 0 bridgehead atoms. The lowest BCUT2D eigenvalue weighted by Gasteiger charge is -2.33. The van der Waals surface area contributed by atoms with Crippen molar-refractivity contribution in [2.45, 2.75) is 62.6 Å². The van der Waals surface area contributed by atoms with Gasteiger partial charge < -0.3 is 25.6 Å². The number of esters is 1. The predicted molar refractivity (Wildman–Crippen MR) is 161 cm³/mol. The molecule has 2 amide bonds. The summed E-state index contributed by atoms with van der Waals surface area (Å²) < 4.78 is 34.3. The van der Waals surface area contributed by atoms with Gasteiger partial charge >= 0.3 is 5.97 Å². The summed E-state index contributed by atoms with van der Waals surface area (Å²) in [7, 11) is -4.22. The minimum Gasteiger partial charge on any atom is -0.463 e. The number of nitrogens with zero attached hydrogens (tertiary/aromatic N) is 2. The van der Waals surface area contributed by atoms with Gasteiger partial charge in [0.1, 0.15) is 0 Å². The van der Waals surface area contributed by atoms with Crippen molar-refractivity contribution in [3.63, 3.8) is 0 Å². The molecule has 0 unspecified atom stereocenters. The number of piperidine rings is 1. The zero-order valence-corrected chi connectivity index (χ0v) is 25.1. The van der Waals surface area contributed by atoms with Crippen LogP contribution in [0.4, 0.5) is 0 Å². The van der Waals surface area contributed by atoms with Crippen molar-refractivity contribution in [3.8, 4) is 11.1 Å². The molecule has 0 aromatic heterocycles. The molecule has 2 aromatic rings. The number of ether oxygens (including phenoxy) is 1. The van der Waals surface area contributed by atoms with E-state index in [4.69, 9.17) is 15.9 Å². The molecule has 12 nitrogen and oxygen atoms in total. The molecule has 0 radical (unpaired) electrons.